The van der Waals surface area contributed by atoms with E-state index < -0.39 is 0 Å². The van der Waals surface area contributed by atoms with Gasteiger partial charge in [0, 0.05) is 36.2 Å². The second-order valence-electron chi connectivity index (χ2n) is 4.85. The Morgan fingerprint density at radius 1 is 1.14 bits per heavy atom. The topological polar surface area (TPSA) is 98.0 Å². The molecule has 0 aliphatic heterocycles. The lowest BCUT2D eigenvalue weighted by Crippen LogP contribution is -2.11. The molecule has 2 amide bonds. The van der Waals surface area contributed by atoms with E-state index in [9.17, 15) is 9.59 Å². The van der Waals surface area contributed by atoms with Gasteiger partial charge in [0.25, 0.3) is 0 Å². The summed E-state index contributed by atoms with van der Waals surface area (Å²) in [6, 6.07) is 3.75. The Balaban J connectivity index is 1.76. The number of rotatable bonds is 8. The van der Waals surface area contributed by atoms with Gasteiger partial charge in [-0.1, -0.05) is 6.42 Å². The Morgan fingerprint density at radius 3 is 2.59 bits per heavy atom. The average Bonchev–Trinajstić information content (AvgIpc) is 2.96. The highest BCUT2D eigenvalue weighted by atomic mass is 32.1. The average molecular weight is 318 g/mol. The minimum atomic E-state index is -0.295. The molecule has 0 saturated carbocycles. The first-order valence-corrected chi connectivity index (χ1v) is 7.97. The highest BCUT2D eigenvalue weighted by molar-refractivity contribution is 7.14. The number of unbranched alkanes of at least 4 members (excludes halogenated alkanes) is 2. The highest BCUT2D eigenvalue weighted by Crippen LogP contribution is 2.24. The Hall–Kier alpha value is -2.28. The van der Waals surface area contributed by atoms with Gasteiger partial charge in [-0.15, -0.1) is 11.3 Å². The summed E-state index contributed by atoms with van der Waals surface area (Å²) in [5.41, 5.74) is 6.85. The molecule has 0 fully saturated rings. The van der Waals surface area contributed by atoms with Crippen LogP contribution in [0.2, 0.25) is 0 Å². The summed E-state index contributed by atoms with van der Waals surface area (Å²) in [4.78, 5) is 30.7. The van der Waals surface area contributed by atoms with Gasteiger partial charge < -0.3 is 11.1 Å². The number of anilines is 1. The van der Waals surface area contributed by atoms with Crippen molar-refractivity contribution in [1.82, 2.24) is 9.97 Å². The van der Waals surface area contributed by atoms with Crippen LogP contribution in [-0.2, 0) is 9.59 Å². The van der Waals surface area contributed by atoms with Crippen LogP contribution in [0.5, 0.6) is 0 Å². The minimum absolute atomic E-state index is 0.0605. The molecule has 2 aromatic rings. The SMILES string of the molecule is NC(=O)CCCCCC(=O)Nc1nc(-c2ccncc2)cs1. The lowest BCUT2D eigenvalue weighted by molar-refractivity contribution is -0.118. The van der Waals surface area contributed by atoms with E-state index in [2.05, 4.69) is 15.3 Å². The van der Waals surface area contributed by atoms with Crippen LogP contribution in [0.1, 0.15) is 32.1 Å². The molecule has 0 aromatic carbocycles. The minimum Gasteiger partial charge on any atom is -0.370 e. The third-order valence-electron chi connectivity index (χ3n) is 3.05. The molecule has 3 N–H and O–H groups in total. The van der Waals surface area contributed by atoms with Crippen molar-refractivity contribution < 1.29 is 9.59 Å². The number of pyridine rings is 1. The summed E-state index contributed by atoms with van der Waals surface area (Å²) in [5, 5.41) is 5.29. The molecule has 2 rings (SSSR count). The molecule has 0 atom stereocenters. The number of nitrogens with zero attached hydrogens (tertiary/aromatic N) is 2. The van der Waals surface area contributed by atoms with E-state index in [4.69, 9.17) is 5.73 Å². The normalized spacial score (nSPS) is 10.4. The second-order valence-corrected chi connectivity index (χ2v) is 5.71. The first-order chi connectivity index (χ1) is 10.6. The van der Waals surface area contributed by atoms with Gasteiger partial charge in [-0.2, -0.15) is 0 Å². The Kier molecular flexibility index (Phi) is 6.02. The van der Waals surface area contributed by atoms with Crippen molar-refractivity contribution in [1.29, 1.82) is 0 Å². The van der Waals surface area contributed by atoms with Gasteiger partial charge in [-0.25, -0.2) is 4.98 Å². The molecule has 0 radical (unpaired) electrons. The van der Waals surface area contributed by atoms with Gasteiger partial charge in [-0.05, 0) is 25.0 Å². The molecule has 0 aliphatic rings. The van der Waals surface area contributed by atoms with Crippen LogP contribution >= 0.6 is 11.3 Å². The fourth-order valence-electron chi connectivity index (χ4n) is 1.93. The van der Waals surface area contributed by atoms with E-state index in [1.54, 1.807) is 12.4 Å². The van der Waals surface area contributed by atoms with Crippen molar-refractivity contribution >= 4 is 28.3 Å². The monoisotopic (exact) mass is 318 g/mol. The second kappa shape index (κ2) is 8.23. The number of carbonyl (C=O) groups excluding carboxylic acids is 2. The maximum atomic E-state index is 11.8. The van der Waals surface area contributed by atoms with E-state index in [1.807, 2.05) is 17.5 Å². The van der Waals surface area contributed by atoms with Gasteiger partial charge in [-0.3, -0.25) is 14.6 Å². The molecule has 116 valence electrons. The number of hydrogen-bond acceptors (Lipinski definition) is 5. The maximum Gasteiger partial charge on any atom is 0.226 e. The number of primary amides is 1. The molecule has 0 saturated heterocycles. The van der Waals surface area contributed by atoms with E-state index in [1.165, 1.54) is 11.3 Å². The number of carbonyl (C=O) groups is 2. The van der Waals surface area contributed by atoms with Crippen LogP contribution in [0.25, 0.3) is 11.3 Å². The zero-order chi connectivity index (χ0) is 15.8. The molecule has 2 aromatic heterocycles. The maximum absolute atomic E-state index is 11.8. The van der Waals surface area contributed by atoms with Gasteiger partial charge in [0.2, 0.25) is 11.8 Å². The molecule has 0 aliphatic carbocycles. The summed E-state index contributed by atoms with van der Waals surface area (Å²) in [6.45, 7) is 0. The molecular formula is C15H18N4O2S. The molecule has 0 spiro atoms. The van der Waals surface area contributed by atoms with Crippen LogP contribution in [0.4, 0.5) is 5.13 Å². The van der Waals surface area contributed by atoms with E-state index in [0.29, 0.717) is 18.0 Å². The van der Waals surface area contributed by atoms with Gasteiger partial charge in [0.15, 0.2) is 5.13 Å². The van der Waals surface area contributed by atoms with Gasteiger partial charge in [0.05, 0.1) is 5.69 Å². The van der Waals surface area contributed by atoms with E-state index in [0.717, 1.165) is 30.5 Å². The predicted octanol–water partition coefficient (Wildman–Crippen LogP) is 2.58. The van der Waals surface area contributed by atoms with Gasteiger partial charge >= 0.3 is 0 Å². The number of hydrogen-bond donors (Lipinski definition) is 2. The van der Waals surface area contributed by atoms with Crippen LogP contribution in [0, 0.1) is 0 Å². The van der Waals surface area contributed by atoms with Crippen molar-refractivity contribution in [2.75, 3.05) is 5.32 Å². The van der Waals surface area contributed by atoms with E-state index in [-0.39, 0.29) is 11.8 Å². The van der Waals surface area contributed by atoms with E-state index >= 15 is 0 Å². The Labute approximate surface area is 132 Å². The zero-order valence-corrected chi connectivity index (χ0v) is 12.9. The van der Waals surface area contributed by atoms with Crippen molar-refractivity contribution in [3.8, 4) is 11.3 Å². The quantitative estimate of drug-likeness (QED) is 0.731. The first kappa shape index (κ1) is 16.1. The number of thiazole rings is 1. The highest BCUT2D eigenvalue weighted by Gasteiger charge is 2.08. The fourth-order valence-corrected chi connectivity index (χ4v) is 2.67. The third kappa shape index (κ3) is 5.25. The van der Waals surface area contributed by atoms with Gasteiger partial charge in [0.1, 0.15) is 0 Å². The summed E-state index contributed by atoms with van der Waals surface area (Å²) >= 11 is 1.40. The first-order valence-electron chi connectivity index (χ1n) is 7.09. The summed E-state index contributed by atoms with van der Waals surface area (Å²) < 4.78 is 0. The molecular weight excluding hydrogens is 300 g/mol. The Bertz CT molecular complexity index is 627. The third-order valence-corrected chi connectivity index (χ3v) is 3.81. The van der Waals surface area contributed by atoms with Crippen molar-refractivity contribution in [2.24, 2.45) is 5.73 Å². The predicted molar refractivity (Wildman–Crippen MR) is 86.3 cm³/mol. The number of amides is 2. The van der Waals surface area contributed by atoms with Crippen LogP contribution in [0.15, 0.2) is 29.9 Å². The number of nitrogens with one attached hydrogen (secondary N) is 1. The fraction of sp³-hybridized carbons (Fsp3) is 0.333. The Morgan fingerprint density at radius 2 is 1.86 bits per heavy atom. The molecule has 2 heterocycles. The van der Waals surface area contributed by atoms with Crippen LogP contribution < -0.4 is 11.1 Å². The molecule has 6 nitrogen and oxygen atoms in total. The summed E-state index contributed by atoms with van der Waals surface area (Å²) in [6.07, 6.45) is 6.49. The van der Waals surface area contributed by atoms with Crippen LogP contribution in [0.3, 0.4) is 0 Å². The van der Waals surface area contributed by atoms with Crippen molar-refractivity contribution in [3.63, 3.8) is 0 Å². The molecule has 7 heteroatoms. The summed E-state index contributed by atoms with van der Waals surface area (Å²) in [5.74, 6) is -0.356. The van der Waals surface area contributed by atoms with Crippen molar-refractivity contribution in [2.45, 2.75) is 32.1 Å². The van der Waals surface area contributed by atoms with Crippen LogP contribution in [-0.4, -0.2) is 21.8 Å². The summed E-state index contributed by atoms with van der Waals surface area (Å²) in [7, 11) is 0. The smallest absolute Gasteiger partial charge is 0.226 e. The molecule has 22 heavy (non-hydrogen) atoms. The number of nitrogens with two attached hydrogens (primary N) is 1. The zero-order valence-electron chi connectivity index (χ0n) is 12.1. The largest absolute Gasteiger partial charge is 0.370 e. The van der Waals surface area contributed by atoms with Crippen molar-refractivity contribution in [3.05, 3.63) is 29.9 Å². The molecule has 0 unspecified atom stereocenters. The lowest BCUT2D eigenvalue weighted by Gasteiger charge is -2.01. The number of aromatic nitrogens is 2. The standard InChI is InChI=1S/C15H18N4O2S/c16-13(20)4-2-1-3-5-14(21)19-15-18-12(10-22-15)11-6-8-17-9-7-11/h6-10H,1-5H2,(H2,16,20)(H,18,19,21). The molecule has 0 bridgehead atoms. The lowest BCUT2D eigenvalue weighted by atomic mass is 10.1.